The van der Waals surface area contributed by atoms with Gasteiger partial charge in [0, 0.05) is 31.6 Å². The van der Waals surface area contributed by atoms with Gasteiger partial charge in [-0.05, 0) is 24.3 Å². The van der Waals surface area contributed by atoms with Crippen LogP contribution in [0.15, 0.2) is 35.3 Å². The number of benzene rings is 1. The molecule has 0 saturated carbocycles. The number of likely N-dealkylation sites (N-methyl/N-ethyl adjacent to an activating group) is 1. The van der Waals surface area contributed by atoms with Gasteiger partial charge in [0.2, 0.25) is 0 Å². The van der Waals surface area contributed by atoms with Gasteiger partial charge in [-0.1, -0.05) is 18.5 Å². The van der Waals surface area contributed by atoms with Crippen LogP contribution in [-0.2, 0) is 18.3 Å². The molecule has 3 rings (SSSR count). The van der Waals surface area contributed by atoms with Gasteiger partial charge in [0.05, 0.1) is 11.7 Å². The van der Waals surface area contributed by atoms with Crippen molar-refractivity contribution in [2.75, 3.05) is 19.0 Å². The van der Waals surface area contributed by atoms with E-state index in [1.54, 1.807) is 19.3 Å². The quantitative estimate of drug-likeness (QED) is 0.658. The Bertz CT molecular complexity index is 1100. The summed E-state index contributed by atoms with van der Waals surface area (Å²) >= 11 is 6.19. The first kappa shape index (κ1) is 19.6. The maximum atomic E-state index is 12.4. The number of ether oxygens (including phenoxy) is 1. The summed E-state index contributed by atoms with van der Waals surface area (Å²) in [6.07, 6.45) is 2.25. The van der Waals surface area contributed by atoms with Crippen LogP contribution in [0.2, 0.25) is 5.02 Å². The summed E-state index contributed by atoms with van der Waals surface area (Å²) in [7, 11) is 3.16. The Labute approximate surface area is 166 Å². The maximum Gasteiger partial charge on any atom is 0.293 e. The molecule has 0 radical (unpaired) electrons. The third kappa shape index (κ3) is 4.07. The molecular formula is C19H20ClN5O3. The van der Waals surface area contributed by atoms with E-state index in [1.165, 1.54) is 11.6 Å². The summed E-state index contributed by atoms with van der Waals surface area (Å²) in [5, 5.41) is 6.80. The van der Waals surface area contributed by atoms with Crippen molar-refractivity contribution in [1.29, 1.82) is 0 Å². The standard InChI is InChI=1S/C19H20ClN5O3/c1-4-16-22-9-13(20)18(24-16)23-12-5-6-14-11(7-12)8-15(19(27)25(14)3)28-10-17(26)21-2/h5-9H,4,10H2,1-3H3,(H,21,26)(H,22,23,24). The van der Waals surface area contributed by atoms with Crippen molar-refractivity contribution in [2.45, 2.75) is 13.3 Å². The predicted octanol–water partition coefficient (Wildman–Crippen LogP) is 2.41. The van der Waals surface area contributed by atoms with Crippen LogP contribution in [0.5, 0.6) is 5.75 Å². The van der Waals surface area contributed by atoms with Crippen LogP contribution in [-0.4, -0.2) is 34.1 Å². The molecule has 1 aromatic carbocycles. The van der Waals surface area contributed by atoms with Crippen LogP contribution in [0.25, 0.3) is 10.9 Å². The molecule has 0 aliphatic heterocycles. The SMILES string of the molecule is CCc1ncc(Cl)c(Nc2ccc3c(c2)cc(OCC(=O)NC)c(=O)n3C)n1. The molecule has 146 valence electrons. The lowest BCUT2D eigenvalue weighted by atomic mass is 10.2. The smallest absolute Gasteiger partial charge is 0.293 e. The summed E-state index contributed by atoms with van der Waals surface area (Å²) in [4.78, 5) is 32.4. The van der Waals surface area contributed by atoms with Crippen molar-refractivity contribution in [1.82, 2.24) is 19.9 Å². The largest absolute Gasteiger partial charge is 0.478 e. The molecule has 3 aromatic rings. The number of carbonyl (C=O) groups excluding carboxylic acids is 1. The van der Waals surface area contributed by atoms with E-state index in [4.69, 9.17) is 16.3 Å². The summed E-state index contributed by atoms with van der Waals surface area (Å²) in [6, 6.07) is 7.12. The highest BCUT2D eigenvalue weighted by atomic mass is 35.5. The summed E-state index contributed by atoms with van der Waals surface area (Å²) < 4.78 is 6.86. The van der Waals surface area contributed by atoms with Gasteiger partial charge in [-0.3, -0.25) is 9.59 Å². The molecule has 0 saturated heterocycles. The van der Waals surface area contributed by atoms with Crippen molar-refractivity contribution in [3.05, 3.63) is 51.7 Å². The minimum Gasteiger partial charge on any atom is -0.478 e. The number of carbonyl (C=O) groups is 1. The fourth-order valence-corrected chi connectivity index (χ4v) is 2.79. The van der Waals surface area contributed by atoms with Crippen LogP contribution >= 0.6 is 11.6 Å². The van der Waals surface area contributed by atoms with E-state index in [0.717, 1.165) is 16.6 Å². The van der Waals surface area contributed by atoms with E-state index in [0.29, 0.717) is 23.1 Å². The Morgan fingerprint density at radius 2 is 2.11 bits per heavy atom. The normalized spacial score (nSPS) is 10.7. The van der Waals surface area contributed by atoms with E-state index in [-0.39, 0.29) is 23.8 Å². The summed E-state index contributed by atoms with van der Waals surface area (Å²) in [6.45, 7) is 1.73. The predicted molar refractivity (Wildman–Crippen MR) is 108 cm³/mol. The van der Waals surface area contributed by atoms with Crippen molar-refractivity contribution in [2.24, 2.45) is 7.05 Å². The Balaban J connectivity index is 1.97. The van der Waals surface area contributed by atoms with Gasteiger partial charge in [0.25, 0.3) is 11.5 Å². The monoisotopic (exact) mass is 401 g/mol. The maximum absolute atomic E-state index is 12.4. The van der Waals surface area contributed by atoms with E-state index in [1.807, 2.05) is 25.1 Å². The Hall–Kier alpha value is -3.13. The summed E-state index contributed by atoms with van der Waals surface area (Å²) in [5.74, 6) is 0.973. The topological polar surface area (TPSA) is 98.1 Å². The van der Waals surface area contributed by atoms with Gasteiger partial charge in [-0.15, -0.1) is 0 Å². The molecule has 0 aliphatic rings. The molecule has 0 bridgehead atoms. The van der Waals surface area contributed by atoms with Crippen LogP contribution in [0.3, 0.4) is 0 Å². The lowest BCUT2D eigenvalue weighted by Gasteiger charge is -2.12. The van der Waals surface area contributed by atoms with Crippen LogP contribution in [0.4, 0.5) is 11.5 Å². The third-order valence-corrected chi connectivity index (χ3v) is 4.48. The molecule has 2 heterocycles. The second kappa shape index (κ2) is 8.26. The molecule has 8 nitrogen and oxygen atoms in total. The highest BCUT2D eigenvalue weighted by molar-refractivity contribution is 6.32. The van der Waals surface area contributed by atoms with Crippen LogP contribution in [0, 0.1) is 0 Å². The Kier molecular flexibility index (Phi) is 5.79. The average Bonchev–Trinajstić information content (AvgIpc) is 2.70. The lowest BCUT2D eigenvalue weighted by Crippen LogP contribution is -2.27. The molecule has 0 fully saturated rings. The number of aromatic nitrogens is 3. The van der Waals surface area contributed by atoms with Crippen LogP contribution < -0.4 is 20.9 Å². The third-order valence-electron chi connectivity index (χ3n) is 4.20. The number of rotatable bonds is 6. The van der Waals surface area contributed by atoms with Crippen molar-refractivity contribution >= 4 is 39.9 Å². The molecule has 2 aromatic heterocycles. The highest BCUT2D eigenvalue weighted by Gasteiger charge is 2.11. The number of fused-ring (bicyclic) bond motifs is 1. The average molecular weight is 402 g/mol. The first-order valence-electron chi connectivity index (χ1n) is 8.68. The molecule has 0 unspecified atom stereocenters. The number of nitrogens with zero attached hydrogens (tertiary/aromatic N) is 3. The second-order valence-electron chi connectivity index (χ2n) is 6.07. The number of aryl methyl sites for hydroxylation is 2. The van der Waals surface area contributed by atoms with Crippen molar-refractivity contribution in [3.8, 4) is 5.75 Å². The molecule has 2 N–H and O–H groups in total. The Morgan fingerprint density at radius 1 is 1.32 bits per heavy atom. The first-order chi connectivity index (χ1) is 13.4. The lowest BCUT2D eigenvalue weighted by molar-refractivity contribution is -0.122. The van der Waals surface area contributed by atoms with Gasteiger partial charge >= 0.3 is 0 Å². The molecule has 0 atom stereocenters. The zero-order valence-corrected chi connectivity index (χ0v) is 16.5. The number of halogens is 1. The number of hydrogen-bond donors (Lipinski definition) is 2. The zero-order chi connectivity index (χ0) is 20.3. The summed E-state index contributed by atoms with van der Waals surface area (Å²) in [5.41, 5.74) is 1.15. The fraction of sp³-hybridized carbons (Fsp3) is 0.263. The van der Waals surface area contributed by atoms with Crippen LogP contribution in [0.1, 0.15) is 12.7 Å². The van der Waals surface area contributed by atoms with E-state index in [2.05, 4.69) is 20.6 Å². The fourth-order valence-electron chi connectivity index (χ4n) is 2.65. The number of anilines is 2. The van der Waals surface area contributed by atoms with Gasteiger partial charge in [0.1, 0.15) is 10.8 Å². The molecule has 28 heavy (non-hydrogen) atoms. The number of amides is 1. The molecular weight excluding hydrogens is 382 g/mol. The van der Waals surface area contributed by atoms with E-state index in [9.17, 15) is 9.59 Å². The van der Waals surface area contributed by atoms with E-state index < -0.39 is 0 Å². The van der Waals surface area contributed by atoms with Gasteiger partial charge in [-0.25, -0.2) is 9.97 Å². The van der Waals surface area contributed by atoms with Crippen molar-refractivity contribution in [3.63, 3.8) is 0 Å². The van der Waals surface area contributed by atoms with Crippen molar-refractivity contribution < 1.29 is 9.53 Å². The second-order valence-corrected chi connectivity index (χ2v) is 6.48. The Morgan fingerprint density at radius 3 is 2.82 bits per heavy atom. The van der Waals surface area contributed by atoms with Gasteiger partial charge in [-0.2, -0.15) is 0 Å². The molecule has 0 aliphatic carbocycles. The number of nitrogens with one attached hydrogen (secondary N) is 2. The van der Waals surface area contributed by atoms with Gasteiger partial charge in [0.15, 0.2) is 18.2 Å². The number of pyridine rings is 1. The number of hydrogen-bond acceptors (Lipinski definition) is 6. The minimum atomic E-state index is -0.317. The molecule has 0 spiro atoms. The minimum absolute atomic E-state index is 0.101. The molecule has 1 amide bonds. The zero-order valence-electron chi connectivity index (χ0n) is 15.7. The highest BCUT2D eigenvalue weighted by Crippen LogP contribution is 2.26. The molecule has 9 heteroatoms. The van der Waals surface area contributed by atoms with Gasteiger partial charge < -0.3 is 19.9 Å². The van der Waals surface area contributed by atoms with E-state index >= 15 is 0 Å². The first-order valence-corrected chi connectivity index (χ1v) is 9.06.